The van der Waals surface area contributed by atoms with Crippen LogP contribution in [0.1, 0.15) is 18.1 Å². The molecule has 0 saturated carbocycles. The molecule has 0 amide bonds. The maximum atomic E-state index is 5.86. The van der Waals surface area contributed by atoms with Crippen LogP contribution in [0.25, 0.3) is 0 Å². The molecule has 0 bridgehead atoms. The van der Waals surface area contributed by atoms with Crippen LogP contribution in [0.3, 0.4) is 0 Å². The van der Waals surface area contributed by atoms with Crippen molar-refractivity contribution in [1.82, 2.24) is 4.98 Å². The molecule has 100 valence electrons. The number of hydrogen-bond acceptors (Lipinski definition) is 4. The molecule has 1 aromatic carbocycles. The molecular formula is C15H18N2O2. The van der Waals surface area contributed by atoms with Crippen molar-refractivity contribution in [2.24, 2.45) is 5.73 Å². The Hall–Kier alpha value is -2.07. The lowest BCUT2D eigenvalue weighted by molar-refractivity contribution is 0.266. The average molecular weight is 258 g/mol. The summed E-state index contributed by atoms with van der Waals surface area (Å²) in [5.41, 5.74) is 7.74. The zero-order chi connectivity index (χ0) is 13.5. The van der Waals surface area contributed by atoms with Crippen molar-refractivity contribution in [2.75, 3.05) is 6.61 Å². The van der Waals surface area contributed by atoms with Crippen molar-refractivity contribution >= 4 is 0 Å². The quantitative estimate of drug-likeness (QED) is 0.865. The van der Waals surface area contributed by atoms with Crippen molar-refractivity contribution in [2.45, 2.75) is 20.1 Å². The standard InChI is InChI=1S/C15H18N2O2/c1-2-18-14-5-3-4-13(10-16)15(14)19-11-12-6-8-17-9-7-12/h3-9H,2,10-11,16H2,1H3. The molecule has 4 heteroatoms. The summed E-state index contributed by atoms with van der Waals surface area (Å²) >= 11 is 0. The third-order valence-electron chi connectivity index (χ3n) is 2.71. The minimum Gasteiger partial charge on any atom is -0.490 e. The Morgan fingerprint density at radius 3 is 2.58 bits per heavy atom. The number of rotatable bonds is 6. The molecule has 0 aliphatic carbocycles. The summed E-state index contributed by atoms with van der Waals surface area (Å²) in [4.78, 5) is 3.98. The predicted molar refractivity (Wildman–Crippen MR) is 74.1 cm³/mol. The van der Waals surface area contributed by atoms with Gasteiger partial charge in [-0.25, -0.2) is 0 Å². The summed E-state index contributed by atoms with van der Waals surface area (Å²) in [6.07, 6.45) is 3.49. The Balaban J connectivity index is 2.17. The molecule has 1 heterocycles. The first kappa shape index (κ1) is 13.4. The summed E-state index contributed by atoms with van der Waals surface area (Å²) in [6.45, 7) is 3.44. The smallest absolute Gasteiger partial charge is 0.166 e. The predicted octanol–water partition coefficient (Wildman–Crippen LogP) is 2.52. The van der Waals surface area contributed by atoms with Crippen LogP contribution in [0, 0.1) is 0 Å². The zero-order valence-electron chi connectivity index (χ0n) is 11.0. The highest BCUT2D eigenvalue weighted by Gasteiger charge is 2.10. The van der Waals surface area contributed by atoms with Gasteiger partial charge in [-0.3, -0.25) is 4.98 Å². The largest absolute Gasteiger partial charge is 0.490 e. The van der Waals surface area contributed by atoms with Crippen molar-refractivity contribution in [1.29, 1.82) is 0 Å². The van der Waals surface area contributed by atoms with Crippen LogP contribution in [-0.2, 0) is 13.2 Å². The highest BCUT2D eigenvalue weighted by molar-refractivity contribution is 5.46. The Morgan fingerprint density at radius 2 is 1.89 bits per heavy atom. The number of ether oxygens (including phenoxy) is 2. The topological polar surface area (TPSA) is 57.4 Å². The van der Waals surface area contributed by atoms with E-state index in [-0.39, 0.29) is 0 Å². The minimum absolute atomic E-state index is 0.423. The number of aromatic nitrogens is 1. The van der Waals surface area contributed by atoms with Gasteiger partial charge in [0.2, 0.25) is 0 Å². The van der Waals surface area contributed by atoms with E-state index >= 15 is 0 Å². The molecule has 0 aliphatic heterocycles. The molecule has 19 heavy (non-hydrogen) atoms. The second-order valence-electron chi connectivity index (χ2n) is 4.03. The molecule has 0 unspecified atom stereocenters. The first-order chi connectivity index (χ1) is 9.35. The minimum atomic E-state index is 0.423. The molecule has 1 aromatic heterocycles. The zero-order valence-corrected chi connectivity index (χ0v) is 11.0. The lowest BCUT2D eigenvalue weighted by Gasteiger charge is -2.15. The Morgan fingerprint density at radius 1 is 1.11 bits per heavy atom. The van der Waals surface area contributed by atoms with Crippen LogP contribution in [0.2, 0.25) is 0 Å². The Kier molecular flexibility index (Phi) is 4.75. The first-order valence-electron chi connectivity index (χ1n) is 6.31. The van der Waals surface area contributed by atoms with Gasteiger partial charge in [-0.2, -0.15) is 0 Å². The van der Waals surface area contributed by atoms with Gasteiger partial charge in [-0.05, 0) is 30.7 Å². The van der Waals surface area contributed by atoms with E-state index in [4.69, 9.17) is 15.2 Å². The highest BCUT2D eigenvalue weighted by atomic mass is 16.5. The molecule has 0 fully saturated rings. The molecule has 0 aliphatic rings. The lowest BCUT2D eigenvalue weighted by atomic mass is 10.2. The molecule has 0 saturated heterocycles. The van der Waals surface area contributed by atoms with E-state index in [0.717, 1.165) is 22.6 Å². The third-order valence-corrected chi connectivity index (χ3v) is 2.71. The van der Waals surface area contributed by atoms with Gasteiger partial charge in [-0.15, -0.1) is 0 Å². The summed E-state index contributed by atoms with van der Waals surface area (Å²) in [5, 5.41) is 0. The van der Waals surface area contributed by atoms with Crippen LogP contribution in [0.15, 0.2) is 42.7 Å². The van der Waals surface area contributed by atoms with Gasteiger partial charge in [0, 0.05) is 24.5 Å². The van der Waals surface area contributed by atoms with E-state index in [1.807, 2.05) is 37.3 Å². The van der Waals surface area contributed by atoms with Gasteiger partial charge in [0.05, 0.1) is 6.61 Å². The van der Waals surface area contributed by atoms with Gasteiger partial charge in [0.1, 0.15) is 6.61 Å². The maximum absolute atomic E-state index is 5.86. The first-order valence-corrected chi connectivity index (χ1v) is 6.31. The van der Waals surface area contributed by atoms with Gasteiger partial charge in [0.15, 0.2) is 11.5 Å². The Labute approximate surface area is 113 Å². The molecule has 2 rings (SSSR count). The van der Waals surface area contributed by atoms with E-state index in [1.54, 1.807) is 12.4 Å². The normalized spacial score (nSPS) is 10.2. The number of benzene rings is 1. The number of nitrogens with zero attached hydrogens (tertiary/aromatic N) is 1. The van der Waals surface area contributed by atoms with Crippen molar-refractivity contribution in [3.05, 3.63) is 53.9 Å². The molecule has 0 atom stereocenters. The van der Waals surface area contributed by atoms with Crippen LogP contribution < -0.4 is 15.2 Å². The third kappa shape index (κ3) is 3.45. The van der Waals surface area contributed by atoms with Gasteiger partial charge >= 0.3 is 0 Å². The number of para-hydroxylation sites is 1. The molecule has 0 radical (unpaired) electrons. The number of nitrogens with two attached hydrogens (primary N) is 1. The van der Waals surface area contributed by atoms with Crippen molar-refractivity contribution in [3.63, 3.8) is 0 Å². The fourth-order valence-corrected chi connectivity index (χ4v) is 1.79. The van der Waals surface area contributed by atoms with Crippen molar-refractivity contribution < 1.29 is 9.47 Å². The summed E-state index contributed by atoms with van der Waals surface area (Å²) in [6, 6.07) is 9.61. The van der Waals surface area contributed by atoms with E-state index < -0.39 is 0 Å². The van der Waals surface area contributed by atoms with E-state index in [1.165, 1.54) is 0 Å². The van der Waals surface area contributed by atoms with Crippen LogP contribution in [0.4, 0.5) is 0 Å². The number of hydrogen-bond donors (Lipinski definition) is 1. The molecule has 2 aromatic rings. The van der Waals surface area contributed by atoms with E-state index in [2.05, 4.69) is 4.98 Å². The van der Waals surface area contributed by atoms with E-state index in [0.29, 0.717) is 19.8 Å². The van der Waals surface area contributed by atoms with Crippen LogP contribution >= 0.6 is 0 Å². The fraction of sp³-hybridized carbons (Fsp3) is 0.267. The second-order valence-corrected chi connectivity index (χ2v) is 4.03. The fourth-order valence-electron chi connectivity index (χ4n) is 1.79. The van der Waals surface area contributed by atoms with Gasteiger partial charge < -0.3 is 15.2 Å². The number of pyridine rings is 1. The summed E-state index contributed by atoms with van der Waals surface area (Å²) in [7, 11) is 0. The second kappa shape index (κ2) is 6.75. The average Bonchev–Trinajstić information content (AvgIpc) is 2.47. The summed E-state index contributed by atoms with van der Waals surface area (Å²) < 4.78 is 11.4. The Bertz CT molecular complexity index is 515. The SMILES string of the molecule is CCOc1cccc(CN)c1OCc1ccncc1. The van der Waals surface area contributed by atoms with E-state index in [9.17, 15) is 0 Å². The van der Waals surface area contributed by atoms with Gasteiger partial charge in [0.25, 0.3) is 0 Å². The molecule has 2 N–H and O–H groups in total. The molecule has 4 nitrogen and oxygen atoms in total. The summed E-state index contributed by atoms with van der Waals surface area (Å²) in [5.74, 6) is 1.46. The monoisotopic (exact) mass is 258 g/mol. The van der Waals surface area contributed by atoms with Gasteiger partial charge in [-0.1, -0.05) is 12.1 Å². The highest BCUT2D eigenvalue weighted by Crippen LogP contribution is 2.31. The van der Waals surface area contributed by atoms with Crippen LogP contribution in [-0.4, -0.2) is 11.6 Å². The van der Waals surface area contributed by atoms with Crippen LogP contribution in [0.5, 0.6) is 11.5 Å². The molecule has 0 spiro atoms. The maximum Gasteiger partial charge on any atom is 0.166 e. The van der Waals surface area contributed by atoms with Crippen molar-refractivity contribution in [3.8, 4) is 11.5 Å². The molecular weight excluding hydrogens is 240 g/mol. The lowest BCUT2D eigenvalue weighted by Crippen LogP contribution is -2.05.